The van der Waals surface area contributed by atoms with E-state index in [1.165, 1.54) is 38.5 Å². The zero-order chi connectivity index (χ0) is 19.7. The molecule has 0 radical (unpaired) electrons. The predicted molar refractivity (Wildman–Crippen MR) is 96.5 cm³/mol. The number of aromatic nitrogens is 3. The van der Waals surface area contributed by atoms with Crippen LogP contribution in [0.1, 0.15) is 15.9 Å². The van der Waals surface area contributed by atoms with E-state index in [4.69, 9.17) is 0 Å². The van der Waals surface area contributed by atoms with Crippen LogP contribution in [0.3, 0.4) is 0 Å². The van der Waals surface area contributed by atoms with E-state index in [1.807, 2.05) is 0 Å². The smallest absolute Gasteiger partial charge is 0.308 e. The number of carbonyl (C=O) groups is 1. The summed E-state index contributed by atoms with van der Waals surface area (Å²) < 4.78 is 15.0. The van der Waals surface area contributed by atoms with Crippen LogP contribution >= 0.6 is 0 Å². The van der Waals surface area contributed by atoms with E-state index in [2.05, 4.69) is 15.5 Å². The second-order valence-corrected chi connectivity index (χ2v) is 5.73. The Hall–Kier alpha value is -3.82. The van der Waals surface area contributed by atoms with Crippen molar-refractivity contribution >= 4 is 23.2 Å². The van der Waals surface area contributed by atoms with E-state index in [0.29, 0.717) is 5.56 Å². The number of aryl methyl sites for hydroxylation is 1. The molecule has 2 heterocycles. The van der Waals surface area contributed by atoms with Crippen molar-refractivity contribution in [3.05, 3.63) is 78.5 Å². The predicted octanol–water partition coefficient (Wildman–Crippen LogP) is -0.172. The van der Waals surface area contributed by atoms with Gasteiger partial charge in [0.2, 0.25) is 5.56 Å². The van der Waals surface area contributed by atoms with E-state index in [-0.39, 0.29) is 16.6 Å². The summed E-state index contributed by atoms with van der Waals surface area (Å²) in [6.45, 7) is 0. The Labute approximate surface area is 150 Å². The fourth-order valence-electron chi connectivity index (χ4n) is 2.58. The van der Waals surface area contributed by atoms with Gasteiger partial charge in [0.05, 0.1) is 17.2 Å². The Kier molecular flexibility index (Phi) is 4.55. The average molecular weight is 371 g/mol. The molecule has 0 aliphatic rings. The molecule has 138 valence electrons. The molecule has 3 rings (SSSR count). The van der Waals surface area contributed by atoms with Crippen LogP contribution < -0.4 is 22.2 Å². The molecule has 0 fully saturated rings. The number of fused-ring (bicyclic) bond motifs is 1. The highest BCUT2D eigenvalue weighted by molar-refractivity contribution is 6.05. The van der Waals surface area contributed by atoms with E-state index < -0.39 is 28.5 Å². The maximum atomic E-state index is 13.1. The number of nitrogens with zero attached hydrogens (tertiary/aromatic N) is 3. The van der Waals surface area contributed by atoms with Gasteiger partial charge in [-0.15, -0.1) is 0 Å². The maximum Gasteiger partial charge on any atom is 0.332 e. The highest BCUT2D eigenvalue weighted by atomic mass is 19.1. The molecule has 9 nitrogen and oxygen atoms in total. The second kappa shape index (κ2) is 6.83. The van der Waals surface area contributed by atoms with E-state index in [0.717, 1.165) is 15.2 Å². The molecule has 0 aliphatic carbocycles. The van der Waals surface area contributed by atoms with Crippen LogP contribution in [0.5, 0.6) is 0 Å². The molecular formula is C17H14FN5O4. The zero-order valence-corrected chi connectivity index (χ0v) is 14.3. The number of hydrogen-bond donors (Lipinski definition) is 2. The van der Waals surface area contributed by atoms with Crippen LogP contribution in [0.25, 0.3) is 11.0 Å². The van der Waals surface area contributed by atoms with Crippen molar-refractivity contribution in [3.8, 4) is 0 Å². The summed E-state index contributed by atoms with van der Waals surface area (Å²) in [6.07, 6.45) is 1.21. The molecule has 27 heavy (non-hydrogen) atoms. The maximum absolute atomic E-state index is 13.1. The summed E-state index contributed by atoms with van der Waals surface area (Å²) in [5, 5.41) is 3.58. The topological polar surface area (TPSA) is 118 Å². The van der Waals surface area contributed by atoms with Gasteiger partial charge in [-0.3, -0.25) is 23.5 Å². The van der Waals surface area contributed by atoms with Crippen molar-refractivity contribution in [1.29, 1.82) is 0 Å². The van der Waals surface area contributed by atoms with Gasteiger partial charge < -0.3 is 4.98 Å². The number of hydrogen-bond acceptors (Lipinski definition) is 5. The lowest BCUT2D eigenvalue weighted by atomic mass is 10.1. The van der Waals surface area contributed by atoms with E-state index >= 15 is 0 Å². The van der Waals surface area contributed by atoms with Crippen molar-refractivity contribution in [2.24, 2.45) is 19.2 Å². The quantitative estimate of drug-likeness (QED) is 0.491. The standard InChI is InChI=1S/C17H14FN5O4/c1-22-14-13(16(26)23(2)17(22)27)11(7-12(24)20-14)15(25)21-19-8-9-4-3-5-10(18)6-9/h3-8H,1-2H3,(H,20,24)(H,21,25)/b19-8-. The SMILES string of the molecule is Cn1c(=O)c2c(C(=O)N/N=C\c3cccc(F)c3)cc(=O)[nH]c2n(C)c1=O. The number of carbonyl (C=O) groups excluding carboxylic acids is 1. The number of halogens is 1. The van der Waals surface area contributed by atoms with Crippen molar-refractivity contribution in [2.75, 3.05) is 0 Å². The first kappa shape index (κ1) is 18.0. The summed E-state index contributed by atoms with van der Waals surface area (Å²) in [4.78, 5) is 51.1. The van der Waals surface area contributed by atoms with Gasteiger partial charge in [-0.25, -0.2) is 14.6 Å². The molecule has 0 bridgehead atoms. The van der Waals surface area contributed by atoms with Gasteiger partial charge >= 0.3 is 5.69 Å². The van der Waals surface area contributed by atoms with Crippen LogP contribution in [0.2, 0.25) is 0 Å². The molecule has 3 aromatic rings. The number of aromatic amines is 1. The van der Waals surface area contributed by atoms with Crippen LogP contribution in [0.4, 0.5) is 4.39 Å². The Morgan fingerprint density at radius 2 is 1.93 bits per heavy atom. The molecule has 0 spiro atoms. The number of H-pyrrole nitrogens is 1. The highest BCUT2D eigenvalue weighted by Gasteiger charge is 2.18. The molecule has 1 amide bonds. The molecule has 0 unspecified atom stereocenters. The van der Waals surface area contributed by atoms with E-state index in [1.54, 1.807) is 6.07 Å². The molecule has 2 aromatic heterocycles. The van der Waals surface area contributed by atoms with E-state index in [9.17, 15) is 23.6 Å². The lowest BCUT2D eigenvalue weighted by Gasteiger charge is -2.09. The van der Waals surface area contributed by atoms with Gasteiger partial charge in [-0.2, -0.15) is 5.10 Å². The zero-order valence-electron chi connectivity index (χ0n) is 14.3. The van der Waals surface area contributed by atoms with Gasteiger partial charge in [0, 0.05) is 20.2 Å². The van der Waals surface area contributed by atoms with Crippen LogP contribution in [0.15, 0.2) is 49.8 Å². The average Bonchev–Trinajstić information content (AvgIpc) is 2.64. The fraction of sp³-hybridized carbons (Fsp3) is 0.118. The minimum Gasteiger partial charge on any atom is -0.308 e. The summed E-state index contributed by atoms with van der Waals surface area (Å²) in [5.74, 6) is -1.29. The van der Waals surface area contributed by atoms with Crippen LogP contribution in [-0.4, -0.2) is 26.2 Å². The van der Waals surface area contributed by atoms with Crippen LogP contribution in [-0.2, 0) is 14.1 Å². The lowest BCUT2D eigenvalue weighted by molar-refractivity contribution is 0.0956. The molecule has 2 N–H and O–H groups in total. The van der Waals surface area contributed by atoms with Gasteiger partial charge in [-0.1, -0.05) is 12.1 Å². The molecule has 0 saturated heterocycles. The molecule has 10 heteroatoms. The fourth-order valence-corrected chi connectivity index (χ4v) is 2.58. The number of rotatable bonds is 3. The van der Waals surface area contributed by atoms with Gasteiger partial charge in [-0.05, 0) is 17.7 Å². The molecule has 1 aromatic carbocycles. The first-order chi connectivity index (χ1) is 12.8. The Balaban J connectivity index is 2.06. The van der Waals surface area contributed by atoms with Crippen molar-refractivity contribution in [2.45, 2.75) is 0 Å². The minimum atomic E-state index is -0.825. The van der Waals surface area contributed by atoms with Crippen LogP contribution in [0, 0.1) is 5.82 Å². The third-order valence-corrected chi connectivity index (χ3v) is 3.92. The monoisotopic (exact) mass is 371 g/mol. The first-order valence-electron chi connectivity index (χ1n) is 7.71. The van der Waals surface area contributed by atoms with Crippen molar-refractivity contribution < 1.29 is 9.18 Å². The summed E-state index contributed by atoms with van der Waals surface area (Å²) >= 11 is 0. The second-order valence-electron chi connectivity index (χ2n) is 5.73. The molecule has 0 atom stereocenters. The number of amides is 1. The third kappa shape index (κ3) is 3.32. The largest absolute Gasteiger partial charge is 0.332 e. The Morgan fingerprint density at radius 1 is 1.19 bits per heavy atom. The molecule has 0 saturated carbocycles. The number of hydrazone groups is 1. The van der Waals surface area contributed by atoms with Gasteiger partial charge in [0.1, 0.15) is 11.5 Å². The first-order valence-corrected chi connectivity index (χ1v) is 7.71. The van der Waals surface area contributed by atoms with Crippen molar-refractivity contribution in [3.63, 3.8) is 0 Å². The lowest BCUT2D eigenvalue weighted by Crippen LogP contribution is -2.39. The Morgan fingerprint density at radius 3 is 2.63 bits per heavy atom. The van der Waals surface area contributed by atoms with Gasteiger partial charge in [0.25, 0.3) is 11.5 Å². The van der Waals surface area contributed by atoms with Gasteiger partial charge in [0.15, 0.2) is 0 Å². The molecular weight excluding hydrogens is 357 g/mol. The normalized spacial score (nSPS) is 11.2. The van der Waals surface area contributed by atoms with Crippen molar-refractivity contribution in [1.82, 2.24) is 19.5 Å². The Bertz CT molecular complexity index is 1270. The summed E-state index contributed by atoms with van der Waals surface area (Å²) in [7, 11) is 2.63. The summed E-state index contributed by atoms with van der Waals surface area (Å²) in [5.41, 5.74) is 0.241. The number of pyridine rings is 1. The minimum absolute atomic E-state index is 0.0742. The molecule has 0 aliphatic heterocycles. The highest BCUT2D eigenvalue weighted by Crippen LogP contribution is 2.08. The summed E-state index contributed by atoms with van der Waals surface area (Å²) in [6, 6.07) is 6.48. The number of nitrogens with one attached hydrogen (secondary N) is 2. The third-order valence-electron chi connectivity index (χ3n) is 3.92. The number of benzene rings is 1.